The number of aromatic nitrogens is 2. The van der Waals surface area contributed by atoms with Crippen molar-refractivity contribution in [3.63, 3.8) is 0 Å². The number of hydrogen-bond acceptors (Lipinski definition) is 6. The third kappa shape index (κ3) is 4.61. The molecule has 27 heavy (non-hydrogen) atoms. The van der Waals surface area contributed by atoms with E-state index in [1.807, 2.05) is 11.8 Å². The van der Waals surface area contributed by atoms with Crippen LogP contribution in [0.5, 0.6) is 0 Å². The number of hydrogen-bond donors (Lipinski definition) is 1. The molecule has 0 aliphatic carbocycles. The molecule has 1 fully saturated rings. The van der Waals surface area contributed by atoms with E-state index in [1.165, 1.54) is 16.4 Å². The summed E-state index contributed by atoms with van der Waals surface area (Å²) in [6.45, 7) is 3.81. The van der Waals surface area contributed by atoms with Crippen LogP contribution in [0.25, 0.3) is 0 Å². The van der Waals surface area contributed by atoms with Gasteiger partial charge in [0.05, 0.1) is 11.1 Å². The molecule has 0 saturated carbocycles. The maximum atomic E-state index is 12.9. The second-order valence-electron chi connectivity index (χ2n) is 6.28. The Hall–Kier alpha value is -2.52. The zero-order valence-corrected chi connectivity index (χ0v) is 16.0. The quantitative estimate of drug-likeness (QED) is 0.808. The van der Waals surface area contributed by atoms with Crippen LogP contribution in [0, 0.1) is 0 Å². The van der Waals surface area contributed by atoms with Crippen LogP contribution in [-0.4, -0.2) is 54.8 Å². The average Bonchev–Trinajstić information content (AvgIpc) is 2.69. The van der Waals surface area contributed by atoms with Crippen molar-refractivity contribution in [2.75, 3.05) is 36.4 Å². The van der Waals surface area contributed by atoms with Crippen molar-refractivity contribution in [1.82, 2.24) is 14.3 Å². The number of piperazine rings is 1. The maximum absolute atomic E-state index is 12.9. The van der Waals surface area contributed by atoms with Crippen LogP contribution in [0.1, 0.15) is 19.8 Å². The number of rotatable bonds is 6. The summed E-state index contributed by atoms with van der Waals surface area (Å²) in [5, 5.41) is 2.76. The smallest absolute Gasteiger partial charge is 0.243 e. The van der Waals surface area contributed by atoms with E-state index in [0.29, 0.717) is 38.3 Å². The molecule has 9 heteroatoms. The molecular weight excluding hydrogens is 366 g/mol. The molecular formula is C18H23N5O3S. The minimum atomic E-state index is -3.57. The van der Waals surface area contributed by atoms with Gasteiger partial charge in [-0.15, -0.1) is 0 Å². The zero-order chi connectivity index (χ0) is 19.3. The monoisotopic (exact) mass is 389 g/mol. The summed E-state index contributed by atoms with van der Waals surface area (Å²) in [7, 11) is -3.57. The Morgan fingerprint density at radius 3 is 2.41 bits per heavy atom. The number of carbonyl (C=O) groups is 1. The second kappa shape index (κ2) is 8.45. The van der Waals surface area contributed by atoms with Crippen molar-refractivity contribution < 1.29 is 13.2 Å². The van der Waals surface area contributed by atoms with Gasteiger partial charge in [0.25, 0.3) is 0 Å². The molecule has 3 rings (SSSR count). The summed E-state index contributed by atoms with van der Waals surface area (Å²) in [5.41, 5.74) is 0.597. The number of sulfonamides is 1. The topological polar surface area (TPSA) is 95.5 Å². The zero-order valence-electron chi connectivity index (χ0n) is 15.2. The first kappa shape index (κ1) is 19.2. The summed E-state index contributed by atoms with van der Waals surface area (Å²) in [4.78, 5) is 22.2. The highest BCUT2D eigenvalue weighted by atomic mass is 32.2. The van der Waals surface area contributed by atoms with Crippen LogP contribution in [0.15, 0.2) is 47.8 Å². The standard InChI is InChI=1S/C18H23N5O3S/c1-2-3-18(24)21-15-4-6-16(7-5-15)27(25,26)23-12-10-22(11-13-23)17-14-19-8-9-20-17/h4-9,14H,2-3,10-13H2,1H3,(H,21,24). The van der Waals surface area contributed by atoms with E-state index >= 15 is 0 Å². The van der Waals surface area contributed by atoms with E-state index in [1.54, 1.807) is 30.7 Å². The fraction of sp³-hybridized carbons (Fsp3) is 0.389. The van der Waals surface area contributed by atoms with Crippen molar-refractivity contribution in [3.8, 4) is 0 Å². The van der Waals surface area contributed by atoms with Gasteiger partial charge in [-0.1, -0.05) is 6.92 Å². The number of amides is 1. The van der Waals surface area contributed by atoms with Crippen molar-refractivity contribution in [2.24, 2.45) is 0 Å². The van der Waals surface area contributed by atoms with Gasteiger partial charge in [0.2, 0.25) is 15.9 Å². The van der Waals surface area contributed by atoms with Gasteiger partial charge in [0, 0.05) is 50.7 Å². The molecule has 2 aromatic rings. The van der Waals surface area contributed by atoms with Crippen LogP contribution in [0.3, 0.4) is 0 Å². The minimum Gasteiger partial charge on any atom is -0.353 e. The van der Waals surface area contributed by atoms with Gasteiger partial charge in [-0.25, -0.2) is 13.4 Å². The lowest BCUT2D eigenvalue weighted by molar-refractivity contribution is -0.116. The van der Waals surface area contributed by atoms with Gasteiger partial charge in [0.1, 0.15) is 5.82 Å². The van der Waals surface area contributed by atoms with Gasteiger partial charge in [-0.3, -0.25) is 9.78 Å². The number of anilines is 2. The van der Waals surface area contributed by atoms with Crippen LogP contribution < -0.4 is 10.2 Å². The van der Waals surface area contributed by atoms with Crippen molar-refractivity contribution in [3.05, 3.63) is 42.9 Å². The highest BCUT2D eigenvalue weighted by Crippen LogP contribution is 2.21. The Morgan fingerprint density at radius 1 is 1.11 bits per heavy atom. The van der Waals surface area contributed by atoms with E-state index in [0.717, 1.165) is 12.2 Å². The molecule has 1 N–H and O–H groups in total. The van der Waals surface area contributed by atoms with Crippen LogP contribution in [0.4, 0.5) is 11.5 Å². The van der Waals surface area contributed by atoms with E-state index in [9.17, 15) is 13.2 Å². The van der Waals surface area contributed by atoms with Crippen LogP contribution in [-0.2, 0) is 14.8 Å². The van der Waals surface area contributed by atoms with Crippen LogP contribution >= 0.6 is 0 Å². The molecule has 1 saturated heterocycles. The van der Waals surface area contributed by atoms with Crippen molar-refractivity contribution in [1.29, 1.82) is 0 Å². The third-order valence-corrected chi connectivity index (χ3v) is 6.28. The van der Waals surface area contributed by atoms with E-state index in [2.05, 4.69) is 15.3 Å². The highest BCUT2D eigenvalue weighted by molar-refractivity contribution is 7.89. The molecule has 1 aromatic heterocycles. The number of benzene rings is 1. The van der Waals surface area contributed by atoms with Crippen molar-refractivity contribution in [2.45, 2.75) is 24.7 Å². The molecule has 1 aliphatic rings. The summed E-state index contributed by atoms with van der Waals surface area (Å²) in [5.74, 6) is 0.676. The van der Waals surface area contributed by atoms with Gasteiger partial charge >= 0.3 is 0 Å². The molecule has 0 bridgehead atoms. The van der Waals surface area contributed by atoms with E-state index in [-0.39, 0.29) is 10.8 Å². The fourth-order valence-corrected chi connectivity index (χ4v) is 4.34. The predicted molar refractivity (Wildman–Crippen MR) is 103 cm³/mol. The molecule has 0 radical (unpaired) electrons. The Labute approximate surface area is 159 Å². The number of nitrogens with zero attached hydrogens (tertiary/aromatic N) is 4. The molecule has 1 aliphatic heterocycles. The Balaban J connectivity index is 1.64. The predicted octanol–water partition coefficient (Wildman–Crippen LogP) is 1.73. The van der Waals surface area contributed by atoms with E-state index in [4.69, 9.17) is 0 Å². The number of carbonyl (C=O) groups excluding carboxylic acids is 1. The summed E-state index contributed by atoms with van der Waals surface area (Å²) >= 11 is 0. The molecule has 0 spiro atoms. The van der Waals surface area contributed by atoms with Gasteiger partial charge in [-0.05, 0) is 30.7 Å². The molecule has 144 valence electrons. The lowest BCUT2D eigenvalue weighted by Crippen LogP contribution is -2.48. The SMILES string of the molecule is CCCC(=O)Nc1ccc(S(=O)(=O)N2CCN(c3cnccn3)CC2)cc1. The van der Waals surface area contributed by atoms with Gasteiger partial charge in [0.15, 0.2) is 0 Å². The van der Waals surface area contributed by atoms with Gasteiger partial charge < -0.3 is 10.2 Å². The Morgan fingerprint density at radius 2 is 1.81 bits per heavy atom. The van der Waals surface area contributed by atoms with Gasteiger partial charge in [-0.2, -0.15) is 4.31 Å². The normalized spacial score (nSPS) is 15.5. The molecule has 8 nitrogen and oxygen atoms in total. The summed E-state index contributed by atoms with van der Waals surface area (Å²) in [6.07, 6.45) is 6.11. The number of nitrogens with one attached hydrogen (secondary N) is 1. The lowest BCUT2D eigenvalue weighted by Gasteiger charge is -2.34. The first-order chi connectivity index (χ1) is 13.0. The Bertz CT molecular complexity index is 864. The second-order valence-corrected chi connectivity index (χ2v) is 8.22. The molecule has 0 atom stereocenters. The first-order valence-electron chi connectivity index (χ1n) is 8.91. The first-order valence-corrected chi connectivity index (χ1v) is 10.4. The van der Waals surface area contributed by atoms with Crippen LogP contribution in [0.2, 0.25) is 0 Å². The molecule has 1 aromatic carbocycles. The summed E-state index contributed by atoms with van der Waals surface area (Å²) < 4.78 is 27.2. The average molecular weight is 389 g/mol. The van der Waals surface area contributed by atoms with E-state index < -0.39 is 10.0 Å². The minimum absolute atomic E-state index is 0.0757. The summed E-state index contributed by atoms with van der Waals surface area (Å²) in [6, 6.07) is 6.31. The molecule has 1 amide bonds. The largest absolute Gasteiger partial charge is 0.353 e. The van der Waals surface area contributed by atoms with Crippen molar-refractivity contribution >= 4 is 27.4 Å². The fourth-order valence-electron chi connectivity index (χ4n) is 2.92. The lowest BCUT2D eigenvalue weighted by atomic mass is 10.3. The Kier molecular flexibility index (Phi) is 6.02. The third-order valence-electron chi connectivity index (χ3n) is 4.37. The highest BCUT2D eigenvalue weighted by Gasteiger charge is 2.28. The molecule has 2 heterocycles. The molecule has 0 unspecified atom stereocenters. The maximum Gasteiger partial charge on any atom is 0.243 e.